The number of allylic oxidation sites excluding steroid dienone is 1. The van der Waals surface area contributed by atoms with Crippen LogP contribution in [0.4, 0.5) is 0 Å². The van der Waals surface area contributed by atoms with E-state index in [0.717, 1.165) is 12.8 Å². The maximum Gasteiger partial charge on any atom is 0.261 e. The SMILES string of the molecule is C=CC[C@@H](C)[C@H](C[C@@H](O)CCCOCc1ccccc1)O[Si](c1ccccc1)(c1ccccc1)C(C)(C)C. The minimum Gasteiger partial charge on any atom is -0.404 e. The van der Waals surface area contributed by atoms with Crippen molar-refractivity contribution in [1.82, 2.24) is 0 Å². The molecule has 3 aromatic carbocycles. The number of aliphatic hydroxyl groups excluding tert-OH is 1. The van der Waals surface area contributed by atoms with Gasteiger partial charge < -0.3 is 14.3 Å². The lowest BCUT2D eigenvalue weighted by atomic mass is 9.95. The van der Waals surface area contributed by atoms with E-state index in [0.29, 0.717) is 26.1 Å². The van der Waals surface area contributed by atoms with Gasteiger partial charge in [0.25, 0.3) is 8.32 Å². The van der Waals surface area contributed by atoms with Crippen molar-refractivity contribution in [1.29, 1.82) is 0 Å². The zero-order valence-corrected chi connectivity index (χ0v) is 24.7. The summed E-state index contributed by atoms with van der Waals surface area (Å²) in [5, 5.41) is 13.6. The fraction of sp³-hybridized carbons (Fsp3) is 0.412. The Morgan fingerprint density at radius 1 is 0.868 bits per heavy atom. The van der Waals surface area contributed by atoms with Crippen LogP contribution in [0.1, 0.15) is 58.9 Å². The van der Waals surface area contributed by atoms with Crippen LogP contribution in [0.2, 0.25) is 5.04 Å². The largest absolute Gasteiger partial charge is 0.404 e. The number of aliphatic hydroxyl groups is 1. The number of hydrogen-bond donors (Lipinski definition) is 1. The van der Waals surface area contributed by atoms with Crippen LogP contribution in [0.5, 0.6) is 0 Å². The molecular weight excluding hydrogens is 484 g/mol. The second-order valence-electron chi connectivity index (χ2n) is 11.4. The van der Waals surface area contributed by atoms with Gasteiger partial charge in [-0.1, -0.05) is 125 Å². The predicted octanol–water partition coefficient (Wildman–Crippen LogP) is 6.89. The monoisotopic (exact) mass is 530 g/mol. The lowest BCUT2D eigenvalue weighted by Gasteiger charge is -2.46. The summed E-state index contributed by atoms with van der Waals surface area (Å²) in [5.41, 5.74) is 1.17. The van der Waals surface area contributed by atoms with E-state index >= 15 is 0 Å². The van der Waals surface area contributed by atoms with Crippen molar-refractivity contribution in [2.75, 3.05) is 6.61 Å². The standard InChI is InChI=1S/C34H46O3Si/c1-6-17-28(2)33(26-30(35)20-16-25-36-27-29-18-10-7-11-19-29)37-38(34(3,4)5,31-21-12-8-13-22-31)32-23-14-9-15-24-32/h6-15,18-19,21-24,28,30,33,35H,1,16-17,20,25-27H2,2-5H3/t28-,30+,33+/m1/s1. The zero-order chi connectivity index (χ0) is 27.4. The van der Waals surface area contributed by atoms with Gasteiger partial charge in [0.1, 0.15) is 0 Å². The highest BCUT2D eigenvalue weighted by atomic mass is 28.4. The van der Waals surface area contributed by atoms with E-state index in [2.05, 4.69) is 107 Å². The summed E-state index contributed by atoms with van der Waals surface area (Å²) < 4.78 is 13.3. The van der Waals surface area contributed by atoms with Crippen molar-refractivity contribution >= 4 is 18.7 Å². The van der Waals surface area contributed by atoms with Gasteiger partial charge in [-0.2, -0.15) is 0 Å². The molecule has 0 saturated carbocycles. The first-order valence-electron chi connectivity index (χ1n) is 14.0. The molecule has 3 atom stereocenters. The Hall–Kier alpha value is -2.50. The molecule has 204 valence electrons. The average molecular weight is 531 g/mol. The van der Waals surface area contributed by atoms with Gasteiger partial charge >= 0.3 is 0 Å². The molecule has 0 unspecified atom stereocenters. The average Bonchev–Trinajstić information content (AvgIpc) is 2.92. The molecule has 0 aliphatic rings. The van der Waals surface area contributed by atoms with E-state index in [1.165, 1.54) is 15.9 Å². The molecule has 3 rings (SSSR count). The minimum atomic E-state index is -2.72. The van der Waals surface area contributed by atoms with E-state index < -0.39 is 14.4 Å². The molecule has 0 aliphatic heterocycles. The van der Waals surface area contributed by atoms with Crippen LogP contribution < -0.4 is 10.4 Å². The van der Waals surface area contributed by atoms with Crippen molar-refractivity contribution in [3.63, 3.8) is 0 Å². The molecule has 0 radical (unpaired) electrons. The number of hydrogen-bond acceptors (Lipinski definition) is 3. The quantitative estimate of drug-likeness (QED) is 0.132. The van der Waals surface area contributed by atoms with E-state index in [-0.39, 0.29) is 17.1 Å². The Kier molecular flexibility index (Phi) is 11.5. The molecule has 38 heavy (non-hydrogen) atoms. The zero-order valence-electron chi connectivity index (χ0n) is 23.7. The third-order valence-corrected chi connectivity index (χ3v) is 12.4. The first-order chi connectivity index (χ1) is 18.3. The van der Waals surface area contributed by atoms with Gasteiger partial charge in [-0.25, -0.2) is 0 Å². The molecule has 0 aromatic heterocycles. The van der Waals surface area contributed by atoms with E-state index in [4.69, 9.17) is 9.16 Å². The summed E-state index contributed by atoms with van der Waals surface area (Å²) >= 11 is 0. The molecule has 0 amide bonds. The van der Waals surface area contributed by atoms with Crippen LogP contribution in [0, 0.1) is 5.92 Å². The van der Waals surface area contributed by atoms with Crippen molar-refractivity contribution in [2.45, 2.75) is 77.2 Å². The second kappa shape index (κ2) is 14.6. The highest BCUT2D eigenvalue weighted by Crippen LogP contribution is 2.39. The molecule has 3 aromatic rings. The van der Waals surface area contributed by atoms with E-state index in [1.54, 1.807) is 0 Å². The first-order valence-corrected chi connectivity index (χ1v) is 15.9. The maximum absolute atomic E-state index is 11.1. The van der Waals surface area contributed by atoms with Crippen molar-refractivity contribution in [3.05, 3.63) is 109 Å². The maximum atomic E-state index is 11.1. The summed E-state index contributed by atoms with van der Waals surface area (Å²) in [5.74, 6) is 0.234. The Bertz CT molecular complexity index is 1020. The summed E-state index contributed by atoms with van der Waals surface area (Å²) in [6, 6.07) is 31.7. The molecule has 0 bridgehead atoms. The summed E-state index contributed by atoms with van der Waals surface area (Å²) in [6.07, 6.45) is 4.36. The van der Waals surface area contributed by atoms with Crippen LogP contribution in [-0.2, 0) is 15.8 Å². The van der Waals surface area contributed by atoms with E-state index in [9.17, 15) is 5.11 Å². The molecule has 0 aliphatic carbocycles. The molecule has 0 fully saturated rings. The van der Waals surface area contributed by atoms with Gasteiger partial charge in [0.05, 0.1) is 18.8 Å². The van der Waals surface area contributed by atoms with Gasteiger partial charge in [-0.05, 0) is 52.6 Å². The molecule has 1 N–H and O–H groups in total. The van der Waals surface area contributed by atoms with Crippen molar-refractivity contribution in [2.24, 2.45) is 5.92 Å². The van der Waals surface area contributed by atoms with Gasteiger partial charge in [0.2, 0.25) is 0 Å². The van der Waals surface area contributed by atoms with Crippen LogP contribution >= 0.6 is 0 Å². The fourth-order valence-corrected chi connectivity index (χ4v) is 10.1. The smallest absolute Gasteiger partial charge is 0.261 e. The van der Waals surface area contributed by atoms with Crippen molar-refractivity contribution in [3.8, 4) is 0 Å². The van der Waals surface area contributed by atoms with Gasteiger partial charge in [0, 0.05) is 6.61 Å². The summed E-state index contributed by atoms with van der Waals surface area (Å²) in [6.45, 7) is 14.4. The Balaban J connectivity index is 1.79. The Labute approximate surface area is 231 Å². The van der Waals surface area contributed by atoms with E-state index in [1.807, 2.05) is 24.3 Å². The normalized spacial score (nSPS) is 14.6. The van der Waals surface area contributed by atoms with Crippen molar-refractivity contribution < 1.29 is 14.3 Å². The van der Waals surface area contributed by atoms with Crippen LogP contribution in [0.3, 0.4) is 0 Å². The predicted molar refractivity (Wildman–Crippen MR) is 162 cm³/mol. The van der Waals surface area contributed by atoms with Crippen LogP contribution in [0.15, 0.2) is 104 Å². The second-order valence-corrected chi connectivity index (χ2v) is 15.6. The highest BCUT2D eigenvalue weighted by Gasteiger charge is 2.51. The fourth-order valence-electron chi connectivity index (χ4n) is 5.30. The van der Waals surface area contributed by atoms with Gasteiger partial charge in [-0.3, -0.25) is 0 Å². The number of benzene rings is 3. The molecule has 3 nitrogen and oxygen atoms in total. The highest BCUT2D eigenvalue weighted by molar-refractivity contribution is 6.99. The lowest BCUT2D eigenvalue weighted by Crippen LogP contribution is -2.68. The van der Waals surface area contributed by atoms with Crippen LogP contribution in [-0.4, -0.2) is 32.2 Å². The molecule has 0 saturated heterocycles. The minimum absolute atomic E-state index is 0.0976. The third kappa shape index (κ3) is 8.00. The Morgan fingerprint density at radius 2 is 1.39 bits per heavy atom. The topological polar surface area (TPSA) is 38.7 Å². The third-order valence-electron chi connectivity index (χ3n) is 7.36. The van der Waals surface area contributed by atoms with Gasteiger partial charge in [-0.15, -0.1) is 6.58 Å². The molecule has 0 heterocycles. The van der Waals surface area contributed by atoms with Crippen LogP contribution in [0.25, 0.3) is 0 Å². The Morgan fingerprint density at radius 3 is 1.89 bits per heavy atom. The number of rotatable bonds is 15. The molecule has 4 heteroatoms. The molecule has 0 spiro atoms. The van der Waals surface area contributed by atoms with Gasteiger partial charge in [0.15, 0.2) is 0 Å². The lowest BCUT2D eigenvalue weighted by molar-refractivity contribution is 0.0462. The summed E-state index contributed by atoms with van der Waals surface area (Å²) in [7, 11) is -2.72. The summed E-state index contributed by atoms with van der Waals surface area (Å²) in [4.78, 5) is 0. The first kappa shape index (κ1) is 30.0. The number of ether oxygens (including phenoxy) is 1. The molecular formula is C34H46O3Si.